The second kappa shape index (κ2) is 6.67. The van der Waals surface area contributed by atoms with Crippen LogP contribution >= 0.6 is 12.4 Å². The lowest BCUT2D eigenvalue weighted by Crippen LogP contribution is -2.28. The summed E-state index contributed by atoms with van der Waals surface area (Å²) in [4.78, 5) is 4.20. The van der Waals surface area contributed by atoms with E-state index >= 15 is 0 Å². The van der Waals surface area contributed by atoms with Gasteiger partial charge in [0.1, 0.15) is 11.6 Å². The molecule has 7 heteroatoms. The van der Waals surface area contributed by atoms with Gasteiger partial charge in [-0.05, 0) is 36.7 Å². The molecule has 1 N–H and O–H groups in total. The van der Waals surface area contributed by atoms with Crippen molar-refractivity contribution in [1.82, 2.24) is 15.5 Å². The number of aromatic nitrogens is 2. The van der Waals surface area contributed by atoms with E-state index in [1.807, 2.05) is 0 Å². The minimum atomic E-state index is -0.363. The van der Waals surface area contributed by atoms with Gasteiger partial charge in [0, 0.05) is 12.6 Å². The highest BCUT2D eigenvalue weighted by Gasteiger charge is 2.21. The summed E-state index contributed by atoms with van der Waals surface area (Å²) >= 11 is 0. The molecule has 0 aliphatic carbocycles. The van der Waals surface area contributed by atoms with Crippen molar-refractivity contribution in [2.75, 3.05) is 13.1 Å². The van der Waals surface area contributed by atoms with E-state index in [1.165, 1.54) is 12.1 Å². The maximum Gasteiger partial charge on any atom is 0.359 e. The standard InChI is InChI=1S/C13H14FN3O2.ClH/c14-10-4-1-5-11(7-10)18-13-16-12(19-17-13)9-3-2-6-15-8-9;/h1,4-5,7,9,15H,2-3,6,8H2;1H/t9-;/m0./s1. The van der Waals surface area contributed by atoms with Crippen LogP contribution in [-0.2, 0) is 0 Å². The third-order valence-electron chi connectivity index (χ3n) is 3.07. The predicted octanol–water partition coefficient (Wildman–Crippen LogP) is 2.89. The molecule has 0 bridgehead atoms. The molecule has 1 saturated heterocycles. The fourth-order valence-electron chi connectivity index (χ4n) is 2.13. The van der Waals surface area contributed by atoms with Crippen molar-refractivity contribution in [3.63, 3.8) is 0 Å². The summed E-state index contributed by atoms with van der Waals surface area (Å²) in [7, 11) is 0. The molecule has 3 rings (SSSR count). The summed E-state index contributed by atoms with van der Waals surface area (Å²) < 4.78 is 23.6. The number of piperidine rings is 1. The van der Waals surface area contributed by atoms with Gasteiger partial charge < -0.3 is 14.6 Å². The van der Waals surface area contributed by atoms with Crippen molar-refractivity contribution >= 4 is 12.4 Å². The molecular weight excluding hydrogens is 285 g/mol. The third-order valence-corrected chi connectivity index (χ3v) is 3.07. The van der Waals surface area contributed by atoms with Gasteiger partial charge in [-0.1, -0.05) is 6.07 Å². The molecular formula is C13H15ClFN3O2. The smallest absolute Gasteiger partial charge is 0.359 e. The predicted molar refractivity (Wildman–Crippen MR) is 72.9 cm³/mol. The Morgan fingerprint density at radius 2 is 2.30 bits per heavy atom. The molecule has 1 aliphatic heterocycles. The number of nitrogens with one attached hydrogen (secondary N) is 1. The lowest BCUT2D eigenvalue weighted by molar-refractivity contribution is 0.311. The lowest BCUT2D eigenvalue weighted by atomic mass is 10.00. The van der Waals surface area contributed by atoms with Crippen molar-refractivity contribution in [1.29, 1.82) is 0 Å². The Kier molecular flexibility index (Phi) is 4.92. The van der Waals surface area contributed by atoms with Crippen LogP contribution in [0, 0.1) is 5.82 Å². The molecule has 20 heavy (non-hydrogen) atoms. The molecule has 0 amide bonds. The zero-order chi connectivity index (χ0) is 13.1. The average Bonchev–Trinajstić information content (AvgIpc) is 2.88. The molecule has 2 aromatic rings. The Morgan fingerprint density at radius 1 is 1.40 bits per heavy atom. The maximum absolute atomic E-state index is 13.0. The molecule has 0 radical (unpaired) electrons. The monoisotopic (exact) mass is 299 g/mol. The molecule has 1 aromatic heterocycles. The highest BCUT2D eigenvalue weighted by Crippen LogP contribution is 2.25. The first-order chi connectivity index (χ1) is 9.31. The van der Waals surface area contributed by atoms with Crippen molar-refractivity contribution in [2.45, 2.75) is 18.8 Å². The summed E-state index contributed by atoms with van der Waals surface area (Å²) in [6, 6.07) is 5.95. The summed E-state index contributed by atoms with van der Waals surface area (Å²) in [6.07, 6.45) is 2.11. The van der Waals surface area contributed by atoms with Crippen molar-refractivity contribution in [3.05, 3.63) is 36.0 Å². The number of ether oxygens (including phenoxy) is 1. The second-order valence-electron chi connectivity index (χ2n) is 4.52. The van der Waals surface area contributed by atoms with Crippen molar-refractivity contribution < 1.29 is 13.7 Å². The molecule has 0 spiro atoms. The van der Waals surface area contributed by atoms with Gasteiger partial charge in [-0.2, -0.15) is 4.98 Å². The molecule has 108 valence electrons. The second-order valence-corrected chi connectivity index (χ2v) is 4.52. The van der Waals surface area contributed by atoms with E-state index in [1.54, 1.807) is 12.1 Å². The van der Waals surface area contributed by atoms with Crippen LogP contribution in [0.15, 0.2) is 28.8 Å². The fourth-order valence-corrected chi connectivity index (χ4v) is 2.13. The number of hydrogen-bond acceptors (Lipinski definition) is 5. The number of nitrogens with zero attached hydrogens (tertiary/aromatic N) is 2. The number of halogens is 2. The van der Waals surface area contributed by atoms with E-state index in [2.05, 4.69) is 15.5 Å². The Morgan fingerprint density at radius 3 is 3.05 bits per heavy atom. The number of hydrogen-bond donors (Lipinski definition) is 1. The molecule has 5 nitrogen and oxygen atoms in total. The molecule has 1 atom stereocenters. The van der Waals surface area contributed by atoms with Gasteiger partial charge in [0.25, 0.3) is 0 Å². The summed E-state index contributed by atoms with van der Waals surface area (Å²) in [6.45, 7) is 1.86. The zero-order valence-corrected chi connectivity index (χ0v) is 11.5. The normalized spacial score (nSPS) is 18.4. The van der Waals surface area contributed by atoms with Gasteiger partial charge in [0.05, 0.1) is 5.92 Å². The van der Waals surface area contributed by atoms with Crippen LogP contribution in [0.1, 0.15) is 24.7 Å². The molecule has 0 unspecified atom stereocenters. The minimum absolute atomic E-state index is 0. The molecule has 1 aliphatic rings. The summed E-state index contributed by atoms with van der Waals surface area (Å²) in [5, 5.41) is 7.04. The highest BCUT2D eigenvalue weighted by atomic mass is 35.5. The Balaban J connectivity index is 0.00000147. The van der Waals surface area contributed by atoms with Crippen LogP contribution < -0.4 is 10.1 Å². The first kappa shape index (κ1) is 14.7. The quantitative estimate of drug-likeness (QED) is 0.944. The van der Waals surface area contributed by atoms with Gasteiger partial charge in [-0.3, -0.25) is 0 Å². The highest BCUT2D eigenvalue weighted by molar-refractivity contribution is 5.85. The van der Waals surface area contributed by atoms with Crippen LogP contribution in [-0.4, -0.2) is 23.2 Å². The first-order valence-corrected chi connectivity index (χ1v) is 6.29. The zero-order valence-electron chi connectivity index (χ0n) is 10.7. The maximum atomic E-state index is 13.0. The van der Waals surface area contributed by atoms with Crippen LogP contribution in [0.4, 0.5) is 4.39 Å². The Bertz CT molecular complexity index is 558. The van der Waals surface area contributed by atoms with E-state index in [0.717, 1.165) is 25.9 Å². The minimum Gasteiger partial charge on any atom is -0.422 e. The third kappa shape index (κ3) is 3.46. The van der Waals surface area contributed by atoms with Crippen LogP contribution in [0.25, 0.3) is 0 Å². The van der Waals surface area contributed by atoms with Crippen molar-refractivity contribution in [2.24, 2.45) is 0 Å². The van der Waals surface area contributed by atoms with Crippen LogP contribution in [0.2, 0.25) is 0 Å². The molecule has 1 aromatic carbocycles. The average molecular weight is 300 g/mol. The van der Waals surface area contributed by atoms with Gasteiger partial charge in [-0.25, -0.2) is 4.39 Å². The Labute approximate surface area is 121 Å². The largest absolute Gasteiger partial charge is 0.422 e. The fraction of sp³-hybridized carbons (Fsp3) is 0.385. The Hall–Kier alpha value is -1.66. The van der Waals surface area contributed by atoms with E-state index in [4.69, 9.17) is 9.26 Å². The number of rotatable bonds is 3. The number of benzene rings is 1. The SMILES string of the molecule is Cl.Fc1cccc(Oc2noc([C@H]3CCCNC3)n2)c1. The van der Waals surface area contributed by atoms with E-state index < -0.39 is 0 Å². The van der Waals surface area contributed by atoms with E-state index in [9.17, 15) is 4.39 Å². The summed E-state index contributed by atoms with van der Waals surface area (Å²) in [5.74, 6) is 0.788. The summed E-state index contributed by atoms with van der Waals surface area (Å²) in [5.41, 5.74) is 0. The van der Waals surface area contributed by atoms with E-state index in [-0.39, 0.29) is 30.2 Å². The van der Waals surface area contributed by atoms with Gasteiger partial charge in [0.2, 0.25) is 5.89 Å². The van der Waals surface area contributed by atoms with Gasteiger partial charge in [0.15, 0.2) is 0 Å². The van der Waals surface area contributed by atoms with Gasteiger partial charge >= 0.3 is 6.01 Å². The van der Waals surface area contributed by atoms with Crippen LogP contribution in [0.3, 0.4) is 0 Å². The van der Waals surface area contributed by atoms with E-state index in [0.29, 0.717) is 11.6 Å². The molecule has 0 saturated carbocycles. The van der Waals surface area contributed by atoms with Crippen LogP contribution in [0.5, 0.6) is 11.8 Å². The van der Waals surface area contributed by atoms with Crippen molar-refractivity contribution in [3.8, 4) is 11.8 Å². The molecule has 2 heterocycles. The lowest BCUT2D eigenvalue weighted by Gasteiger charge is -2.18. The van der Waals surface area contributed by atoms with Gasteiger partial charge in [-0.15, -0.1) is 12.4 Å². The molecule has 1 fully saturated rings. The topological polar surface area (TPSA) is 60.2 Å². The first-order valence-electron chi connectivity index (χ1n) is 6.29.